The predicted octanol–water partition coefficient (Wildman–Crippen LogP) is 2.43. The molecule has 0 amide bonds. The highest BCUT2D eigenvalue weighted by Crippen LogP contribution is 2.70. The molecule has 0 aromatic heterocycles. The largest absolute Gasteiger partial charge is 0.720 e. The van der Waals surface area contributed by atoms with Crippen molar-refractivity contribution in [2.75, 3.05) is 0 Å². The van der Waals surface area contributed by atoms with Crippen molar-refractivity contribution < 1.29 is 68.7 Å². The molecule has 0 heterocycles. The maximum absolute atomic E-state index is 11.7. The van der Waals surface area contributed by atoms with E-state index in [0.717, 1.165) is 0 Å². The van der Waals surface area contributed by atoms with Gasteiger partial charge in [-0.15, -0.1) is 0 Å². The van der Waals surface area contributed by atoms with E-state index in [9.17, 15) is 22.8 Å². The lowest BCUT2D eigenvalue weighted by atomic mass is 11.2. The van der Waals surface area contributed by atoms with Crippen LogP contribution in [0.15, 0.2) is 25.7 Å². The van der Waals surface area contributed by atoms with Gasteiger partial charge < -0.3 is 28.6 Å². The second-order valence-electron chi connectivity index (χ2n) is 2.97. The molecule has 0 bridgehead atoms. The summed E-state index contributed by atoms with van der Waals surface area (Å²) in [6.45, 7) is 5.74. The van der Waals surface area contributed by atoms with E-state index >= 15 is 0 Å². The Morgan fingerprint density at radius 2 is 1.04 bits per heavy atom. The fourth-order valence-electron chi connectivity index (χ4n) is 0.728. The van der Waals surface area contributed by atoms with Crippen molar-refractivity contribution in [2.45, 2.75) is 0 Å². The molecule has 0 aromatic rings. The Labute approximate surface area is 134 Å². The van der Waals surface area contributed by atoms with Gasteiger partial charge in [0.2, 0.25) is 0 Å². The zero-order valence-electron chi connectivity index (χ0n) is 11.1. The van der Waals surface area contributed by atoms with Crippen LogP contribution in [0.5, 0.6) is 0 Å². The lowest BCUT2D eigenvalue weighted by Gasteiger charge is -2.12. The van der Waals surface area contributed by atoms with Crippen LogP contribution in [0, 0.1) is 0 Å². The maximum atomic E-state index is 11.7. The zero-order chi connectivity index (χ0) is 19.2. The van der Waals surface area contributed by atoms with Crippen molar-refractivity contribution in [2.24, 2.45) is 0 Å². The number of hydrogen-bond donors (Lipinski definition) is 4. The van der Waals surface area contributed by atoms with Gasteiger partial charge in [-0.25, -0.2) is 18.3 Å². The minimum atomic E-state index is -5.49. The van der Waals surface area contributed by atoms with Crippen molar-refractivity contribution in [1.29, 1.82) is 0 Å². The fraction of sp³-hybridized carbons (Fsp3) is 0. The third-order valence-electron chi connectivity index (χ3n) is 1.15. The molecule has 0 aliphatic heterocycles. The van der Waals surface area contributed by atoms with E-state index in [4.69, 9.17) is 19.6 Å². The first-order valence-corrected chi connectivity index (χ1v) is 11.9. The van der Waals surface area contributed by atoms with Gasteiger partial charge in [0.15, 0.2) is 0 Å². The summed E-state index contributed by atoms with van der Waals surface area (Å²) in [7, 11) is -25.5. The van der Waals surface area contributed by atoms with Crippen molar-refractivity contribution in [1.82, 2.24) is 0 Å². The van der Waals surface area contributed by atoms with Crippen molar-refractivity contribution in [3.8, 4) is 0 Å². The van der Waals surface area contributed by atoms with Crippen LogP contribution in [0.25, 0.3) is 0 Å². The van der Waals surface area contributed by atoms with Crippen LogP contribution in [-0.2, 0) is 49.1 Å². The average molecular weight is 453 g/mol. The van der Waals surface area contributed by atoms with Crippen molar-refractivity contribution in [3.05, 3.63) is 25.7 Å². The van der Waals surface area contributed by atoms with Crippen LogP contribution in [0.4, 0.5) is 0 Å². The Kier molecular flexibility index (Phi) is 8.85. The number of hydrogen-bond acceptors (Lipinski definition) is 11. The van der Waals surface area contributed by atoms with Gasteiger partial charge in [-0.2, -0.15) is 8.62 Å². The fourth-order valence-corrected chi connectivity index (χ4v) is 6.26. The van der Waals surface area contributed by atoms with Crippen LogP contribution in [0.3, 0.4) is 0 Å². The van der Waals surface area contributed by atoms with Crippen LogP contribution >= 0.6 is 39.5 Å². The van der Waals surface area contributed by atoms with Crippen LogP contribution in [0.2, 0.25) is 0 Å². The topological polar surface area (TPSA) is 222 Å². The van der Waals surface area contributed by atoms with E-state index < -0.39 is 39.5 Å². The summed E-state index contributed by atoms with van der Waals surface area (Å²) in [6.07, 6.45) is 0.650. The summed E-state index contributed by atoms with van der Waals surface area (Å²) in [5, 5.41) is 0. The maximum Gasteiger partial charge on any atom is 0.720 e. The molecule has 0 spiro atoms. The first-order valence-electron chi connectivity index (χ1n) is 4.83. The molecule has 0 aliphatic carbocycles. The Morgan fingerprint density at radius 3 is 1.25 bits per heavy atom. The van der Waals surface area contributed by atoms with Crippen molar-refractivity contribution in [3.63, 3.8) is 0 Å². The standard InChI is InChI=1S/C4H9O15P5/c1-3-14-23(12,18-21(6,7)8)16-20(5)17-24(13,15-4-2)19-22(9,10)11/h3-4H,1-2H2,(H3-,6,7,8,9,10,11)/p+1. The lowest BCUT2D eigenvalue weighted by Crippen LogP contribution is -1.95. The summed E-state index contributed by atoms with van der Waals surface area (Å²) in [5.41, 5.74) is 0. The van der Waals surface area contributed by atoms with Gasteiger partial charge in [0.05, 0.1) is 12.5 Å². The van der Waals surface area contributed by atoms with Crippen LogP contribution in [-0.4, -0.2) is 19.6 Å². The Hall–Kier alpha value is -0.220. The quantitative estimate of drug-likeness (QED) is 0.246. The molecule has 20 heteroatoms. The summed E-state index contributed by atoms with van der Waals surface area (Å²) >= 11 is 0. The van der Waals surface area contributed by atoms with Crippen LogP contribution in [0.1, 0.15) is 0 Å². The van der Waals surface area contributed by atoms with E-state index in [1.807, 2.05) is 0 Å². The molecule has 0 aliphatic rings. The Morgan fingerprint density at radius 1 is 0.750 bits per heavy atom. The van der Waals surface area contributed by atoms with E-state index in [1.54, 1.807) is 0 Å². The van der Waals surface area contributed by atoms with E-state index in [2.05, 4.69) is 39.4 Å². The summed E-state index contributed by atoms with van der Waals surface area (Å²) in [4.78, 5) is 34.1. The second kappa shape index (κ2) is 8.93. The van der Waals surface area contributed by atoms with Gasteiger partial charge >= 0.3 is 39.5 Å². The molecule has 2 atom stereocenters. The van der Waals surface area contributed by atoms with Crippen LogP contribution < -0.4 is 0 Å². The smallest absolute Gasteiger partial charge is 0.410 e. The van der Waals surface area contributed by atoms with Crippen molar-refractivity contribution >= 4 is 39.5 Å². The van der Waals surface area contributed by atoms with E-state index in [0.29, 0.717) is 12.5 Å². The first kappa shape index (κ1) is 23.8. The van der Waals surface area contributed by atoms with E-state index in [-0.39, 0.29) is 0 Å². The number of rotatable bonds is 12. The first-order chi connectivity index (χ1) is 10.6. The number of phosphoric acid groups is 4. The normalized spacial score (nSPS) is 17.9. The highest BCUT2D eigenvalue weighted by atomic mass is 31.3. The third-order valence-corrected chi connectivity index (χ3v) is 7.94. The molecule has 0 fully saturated rings. The van der Waals surface area contributed by atoms with Gasteiger partial charge in [0, 0.05) is 13.2 Å². The van der Waals surface area contributed by atoms with Gasteiger partial charge in [-0.05, 0) is 0 Å². The second-order valence-corrected chi connectivity index (χ2v) is 10.2. The molecular formula is C4H10O15P5+. The Bertz CT molecular complexity index is 611. The molecule has 4 N–H and O–H groups in total. The molecule has 140 valence electrons. The van der Waals surface area contributed by atoms with E-state index in [1.165, 1.54) is 0 Å². The molecule has 2 unspecified atom stereocenters. The molecule has 0 aromatic carbocycles. The predicted molar refractivity (Wildman–Crippen MR) is 73.8 cm³/mol. The van der Waals surface area contributed by atoms with Gasteiger partial charge in [0.1, 0.15) is 0 Å². The van der Waals surface area contributed by atoms with Gasteiger partial charge in [0.25, 0.3) is 0 Å². The molecule has 0 radical (unpaired) electrons. The zero-order valence-corrected chi connectivity index (χ0v) is 15.6. The van der Waals surface area contributed by atoms with Gasteiger partial charge in [-0.3, -0.25) is 0 Å². The molecule has 24 heavy (non-hydrogen) atoms. The third kappa shape index (κ3) is 10.6. The minimum Gasteiger partial charge on any atom is -0.410 e. The summed E-state index contributed by atoms with van der Waals surface area (Å²) in [6, 6.07) is 0. The average Bonchev–Trinajstić information content (AvgIpc) is 2.21. The summed E-state index contributed by atoms with van der Waals surface area (Å²) in [5.74, 6) is 0. The summed E-state index contributed by atoms with van der Waals surface area (Å²) < 4.78 is 79.3. The molecule has 0 rings (SSSR count). The molecular weight excluding hydrogens is 443 g/mol. The molecule has 0 saturated carbocycles. The Balaban J connectivity index is 5.30. The van der Waals surface area contributed by atoms with Gasteiger partial charge in [-0.1, -0.05) is 13.2 Å². The minimum absolute atomic E-state index is 0.325. The monoisotopic (exact) mass is 453 g/mol. The highest BCUT2D eigenvalue weighted by molar-refractivity contribution is 7.68. The lowest BCUT2D eigenvalue weighted by molar-refractivity contribution is 0.207. The molecule has 15 nitrogen and oxygen atoms in total. The SMILES string of the molecule is C=COP(=O)(O[P+](=O)OP(=O)(OC=C)OP(=O)(O)O)OP(=O)(O)O. The molecule has 0 saturated heterocycles. The highest BCUT2D eigenvalue weighted by Gasteiger charge is 2.53.